The number of hydrogen-bond donors (Lipinski definition) is 1. The van der Waals surface area contributed by atoms with Crippen LogP contribution in [0.2, 0.25) is 0 Å². The van der Waals surface area contributed by atoms with Gasteiger partial charge in [-0.15, -0.1) is 0 Å². The minimum atomic E-state index is -0.197. The lowest BCUT2D eigenvalue weighted by Gasteiger charge is -2.04. The highest BCUT2D eigenvalue weighted by molar-refractivity contribution is 9.10. The fourth-order valence-corrected chi connectivity index (χ4v) is 1.80. The normalized spacial score (nSPS) is 10.0. The molecule has 2 aromatic heterocycles. The topological polar surface area (TPSA) is 54.9 Å². The van der Waals surface area contributed by atoms with Crippen LogP contribution in [-0.2, 0) is 0 Å². The minimum Gasteiger partial charge on any atom is -0.321 e. The Morgan fingerprint density at radius 2 is 1.94 bits per heavy atom. The van der Waals surface area contributed by atoms with Gasteiger partial charge < -0.3 is 5.32 Å². The van der Waals surface area contributed by atoms with Crippen LogP contribution in [0.15, 0.2) is 45.9 Å². The molecule has 0 saturated carbocycles. The third-order valence-electron chi connectivity index (χ3n) is 1.97. The Kier molecular flexibility index (Phi) is 3.86. The molecule has 1 N–H and O–H groups in total. The van der Waals surface area contributed by atoms with Gasteiger partial charge in [-0.1, -0.05) is 0 Å². The van der Waals surface area contributed by atoms with Crippen LogP contribution in [0.5, 0.6) is 0 Å². The Labute approximate surface area is 115 Å². The highest BCUT2D eigenvalue weighted by Crippen LogP contribution is 2.13. The number of halogens is 2. The van der Waals surface area contributed by atoms with E-state index in [4.69, 9.17) is 0 Å². The number of rotatable bonds is 2. The predicted octanol–water partition coefficient (Wildman–Crippen LogP) is 3.25. The van der Waals surface area contributed by atoms with Crippen LogP contribution in [0, 0.1) is 0 Å². The predicted molar refractivity (Wildman–Crippen MR) is 71.8 cm³/mol. The lowest BCUT2D eigenvalue weighted by molar-refractivity contribution is 0.102. The van der Waals surface area contributed by atoms with E-state index in [1.807, 2.05) is 0 Å². The van der Waals surface area contributed by atoms with E-state index in [0.717, 1.165) is 4.60 Å². The number of amides is 1. The molecule has 2 heterocycles. The maximum absolute atomic E-state index is 11.9. The van der Waals surface area contributed by atoms with Crippen molar-refractivity contribution in [2.45, 2.75) is 0 Å². The molecule has 0 atom stereocenters. The van der Waals surface area contributed by atoms with Gasteiger partial charge in [0.05, 0.1) is 11.9 Å². The zero-order valence-electron chi connectivity index (χ0n) is 8.52. The van der Waals surface area contributed by atoms with E-state index >= 15 is 0 Å². The highest BCUT2D eigenvalue weighted by Gasteiger charge is 2.06. The summed E-state index contributed by atoms with van der Waals surface area (Å²) in [7, 11) is 0. The van der Waals surface area contributed by atoms with Crippen molar-refractivity contribution in [1.82, 2.24) is 9.97 Å². The van der Waals surface area contributed by atoms with E-state index in [9.17, 15) is 4.79 Å². The number of carbonyl (C=O) groups is 1. The van der Waals surface area contributed by atoms with E-state index in [2.05, 4.69) is 47.1 Å². The van der Waals surface area contributed by atoms with Crippen molar-refractivity contribution in [3.05, 3.63) is 51.4 Å². The summed E-state index contributed by atoms with van der Waals surface area (Å²) in [6, 6.07) is 6.83. The quantitative estimate of drug-likeness (QED) is 0.840. The van der Waals surface area contributed by atoms with Crippen molar-refractivity contribution in [3.63, 3.8) is 0 Å². The monoisotopic (exact) mass is 355 g/mol. The molecule has 6 heteroatoms. The van der Waals surface area contributed by atoms with Crippen molar-refractivity contribution >= 4 is 43.5 Å². The summed E-state index contributed by atoms with van der Waals surface area (Å²) in [6.07, 6.45) is 3.15. The first-order valence-corrected chi connectivity index (χ1v) is 6.28. The second kappa shape index (κ2) is 5.37. The Hall–Kier alpha value is -1.27. The molecule has 4 nitrogen and oxygen atoms in total. The fraction of sp³-hybridized carbons (Fsp3) is 0. The fourth-order valence-electron chi connectivity index (χ4n) is 1.20. The first-order valence-electron chi connectivity index (χ1n) is 4.69. The highest BCUT2D eigenvalue weighted by atomic mass is 79.9. The summed E-state index contributed by atoms with van der Waals surface area (Å²) in [5.41, 5.74) is 1.18. The van der Waals surface area contributed by atoms with Crippen LogP contribution in [0.25, 0.3) is 0 Å². The third kappa shape index (κ3) is 3.34. The Morgan fingerprint density at radius 1 is 1.12 bits per heavy atom. The van der Waals surface area contributed by atoms with Crippen molar-refractivity contribution in [3.8, 4) is 0 Å². The number of nitrogens with zero attached hydrogens (tertiary/aromatic N) is 2. The van der Waals surface area contributed by atoms with E-state index in [-0.39, 0.29) is 5.91 Å². The number of anilines is 1. The zero-order chi connectivity index (χ0) is 12.3. The van der Waals surface area contributed by atoms with Crippen molar-refractivity contribution in [2.24, 2.45) is 0 Å². The van der Waals surface area contributed by atoms with Crippen LogP contribution >= 0.6 is 31.9 Å². The number of hydrogen-bond acceptors (Lipinski definition) is 3. The van der Waals surface area contributed by atoms with Gasteiger partial charge in [0.2, 0.25) is 0 Å². The van der Waals surface area contributed by atoms with Crippen molar-refractivity contribution in [1.29, 1.82) is 0 Å². The molecule has 86 valence electrons. The zero-order valence-corrected chi connectivity index (χ0v) is 11.7. The second-order valence-corrected chi connectivity index (χ2v) is 4.82. The van der Waals surface area contributed by atoms with E-state index in [1.54, 1.807) is 36.7 Å². The van der Waals surface area contributed by atoms with Crippen LogP contribution in [0.1, 0.15) is 10.4 Å². The van der Waals surface area contributed by atoms with Gasteiger partial charge in [0, 0.05) is 11.8 Å². The second-order valence-electron chi connectivity index (χ2n) is 3.19. The first kappa shape index (κ1) is 12.2. The molecule has 0 saturated heterocycles. The van der Waals surface area contributed by atoms with Crippen molar-refractivity contribution in [2.75, 3.05) is 5.32 Å². The summed E-state index contributed by atoms with van der Waals surface area (Å²) in [4.78, 5) is 19.8. The van der Waals surface area contributed by atoms with Gasteiger partial charge in [-0.2, -0.15) is 0 Å². The van der Waals surface area contributed by atoms with Gasteiger partial charge in [-0.25, -0.2) is 9.97 Å². The van der Waals surface area contributed by atoms with Gasteiger partial charge in [0.25, 0.3) is 5.91 Å². The molecule has 2 aromatic rings. The lowest BCUT2D eigenvalue weighted by atomic mass is 10.2. The molecule has 1 amide bonds. The molecule has 0 bridgehead atoms. The minimum absolute atomic E-state index is 0.197. The molecular weight excluding hydrogens is 350 g/mol. The van der Waals surface area contributed by atoms with Gasteiger partial charge in [-0.3, -0.25) is 4.79 Å². The molecule has 0 aliphatic carbocycles. The van der Waals surface area contributed by atoms with Gasteiger partial charge in [-0.05, 0) is 56.1 Å². The summed E-state index contributed by atoms with van der Waals surface area (Å²) < 4.78 is 1.35. The first-order chi connectivity index (χ1) is 8.15. The molecule has 0 unspecified atom stereocenters. The molecule has 17 heavy (non-hydrogen) atoms. The molecule has 0 aromatic carbocycles. The largest absolute Gasteiger partial charge is 0.321 e. The van der Waals surface area contributed by atoms with Crippen LogP contribution in [-0.4, -0.2) is 15.9 Å². The molecule has 0 aliphatic heterocycles. The number of nitrogens with one attached hydrogen (secondary N) is 1. The molecule has 0 aliphatic rings. The van der Waals surface area contributed by atoms with E-state index in [1.165, 1.54) is 0 Å². The number of carbonyl (C=O) groups excluding carboxylic acids is 1. The smallest absolute Gasteiger partial charge is 0.255 e. The third-order valence-corrected chi connectivity index (χ3v) is 2.88. The SMILES string of the molecule is O=C(Nc1ccc(Br)nc1)c1ccnc(Br)c1. The van der Waals surface area contributed by atoms with Crippen molar-refractivity contribution < 1.29 is 4.79 Å². The summed E-state index contributed by atoms with van der Waals surface area (Å²) in [6.45, 7) is 0. The van der Waals surface area contributed by atoms with Gasteiger partial charge in [0.1, 0.15) is 9.21 Å². The molecule has 0 spiro atoms. The number of pyridine rings is 2. The Morgan fingerprint density at radius 3 is 2.59 bits per heavy atom. The maximum atomic E-state index is 11.9. The Balaban J connectivity index is 2.14. The Bertz CT molecular complexity index is 543. The summed E-state index contributed by atoms with van der Waals surface area (Å²) >= 11 is 6.44. The average molecular weight is 357 g/mol. The molecular formula is C11H7Br2N3O. The summed E-state index contributed by atoms with van der Waals surface area (Å²) in [5, 5.41) is 2.74. The summed E-state index contributed by atoms with van der Waals surface area (Å²) in [5.74, 6) is -0.197. The van der Waals surface area contributed by atoms with Crippen LogP contribution < -0.4 is 5.32 Å². The van der Waals surface area contributed by atoms with E-state index in [0.29, 0.717) is 15.9 Å². The number of aromatic nitrogens is 2. The van der Waals surface area contributed by atoms with Gasteiger partial charge >= 0.3 is 0 Å². The molecule has 2 rings (SSSR count). The van der Waals surface area contributed by atoms with E-state index < -0.39 is 0 Å². The maximum Gasteiger partial charge on any atom is 0.255 e. The van der Waals surface area contributed by atoms with Gasteiger partial charge in [0.15, 0.2) is 0 Å². The molecule has 0 fully saturated rings. The molecule has 0 radical (unpaired) electrons. The van der Waals surface area contributed by atoms with Crippen LogP contribution in [0.4, 0.5) is 5.69 Å². The standard InChI is InChI=1S/C11H7Br2N3O/c12-9-2-1-8(6-15-9)16-11(17)7-3-4-14-10(13)5-7/h1-6H,(H,16,17). The average Bonchev–Trinajstić information content (AvgIpc) is 2.32. The van der Waals surface area contributed by atoms with Crippen LogP contribution in [0.3, 0.4) is 0 Å². The lowest BCUT2D eigenvalue weighted by Crippen LogP contribution is -2.12.